The molecule has 0 spiro atoms. The summed E-state index contributed by atoms with van der Waals surface area (Å²) in [6.07, 6.45) is 3.94. The van der Waals surface area contributed by atoms with Crippen LogP contribution in [0.4, 0.5) is 0 Å². The van der Waals surface area contributed by atoms with E-state index < -0.39 is 0 Å². The van der Waals surface area contributed by atoms with Crippen molar-refractivity contribution in [3.05, 3.63) is 22.4 Å². The molecular weight excluding hydrogens is 218 g/mol. The van der Waals surface area contributed by atoms with E-state index >= 15 is 0 Å². The van der Waals surface area contributed by atoms with Gasteiger partial charge >= 0.3 is 0 Å². The van der Waals surface area contributed by atoms with Crippen LogP contribution in [0, 0.1) is 5.92 Å². The summed E-state index contributed by atoms with van der Waals surface area (Å²) in [6, 6.07) is 2.72. The number of hydrogen-bond donors (Lipinski definition) is 1. The van der Waals surface area contributed by atoms with Crippen LogP contribution < -0.4 is 5.32 Å². The number of ether oxygens (including phenoxy) is 1. The van der Waals surface area contributed by atoms with Crippen molar-refractivity contribution < 1.29 is 4.74 Å². The van der Waals surface area contributed by atoms with Gasteiger partial charge in [0.05, 0.1) is 6.10 Å². The summed E-state index contributed by atoms with van der Waals surface area (Å²) in [5.41, 5.74) is 1.45. The Labute approximate surface area is 102 Å². The fourth-order valence-electron chi connectivity index (χ4n) is 2.46. The molecule has 1 fully saturated rings. The zero-order chi connectivity index (χ0) is 11.4. The second-order valence-electron chi connectivity index (χ2n) is 4.67. The van der Waals surface area contributed by atoms with Crippen molar-refractivity contribution in [2.45, 2.75) is 38.3 Å². The molecule has 0 aromatic carbocycles. The van der Waals surface area contributed by atoms with Crippen LogP contribution in [0.2, 0.25) is 0 Å². The predicted molar refractivity (Wildman–Crippen MR) is 69.0 cm³/mol. The molecule has 3 heteroatoms. The van der Waals surface area contributed by atoms with Crippen LogP contribution in [-0.2, 0) is 11.2 Å². The largest absolute Gasteiger partial charge is 0.376 e. The Bertz CT molecular complexity index is 299. The topological polar surface area (TPSA) is 21.3 Å². The first-order valence-electron chi connectivity index (χ1n) is 6.11. The summed E-state index contributed by atoms with van der Waals surface area (Å²) in [6.45, 7) is 3.23. The zero-order valence-corrected chi connectivity index (χ0v) is 10.9. The highest BCUT2D eigenvalue weighted by molar-refractivity contribution is 7.07. The van der Waals surface area contributed by atoms with Crippen molar-refractivity contribution in [3.63, 3.8) is 0 Å². The summed E-state index contributed by atoms with van der Waals surface area (Å²) < 4.78 is 5.83. The highest BCUT2D eigenvalue weighted by Crippen LogP contribution is 2.25. The predicted octanol–water partition coefficient (Wildman–Crippen LogP) is 2.69. The molecule has 3 unspecified atom stereocenters. The normalized spacial score (nSPS) is 27.1. The van der Waals surface area contributed by atoms with Crippen molar-refractivity contribution in [1.29, 1.82) is 0 Å². The lowest BCUT2D eigenvalue weighted by Crippen LogP contribution is -2.40. The first-order chi connectivity index (χ1) is 7.81. The summed E-state index contributed by atoms with van der Waals surface area (Å²) >= 11 is 1.78. The van der Waals surface area contributed by atoms with Gasteiger partial charge in [0.1, 0.15) is 0 Å². The Morgan fingerprint density at radius 1 is 1.62 bits per heavy atom. The van der Waals surface area contributed by atoms with E-state index in [0.717, 1.165) is 13.0 Å². The molecule has 1 aliphatic rings. The van der Waals surface area contributed by atoms with Crippen LogP contribution in [0.1, 0.15) is 25.3 Å². The zero-order valence-electron chi connectivity index (χ0n) is 10.1. The monoisotopic (exact) mass is 239 g/mol. The van der Waals surface area contributed by atoms with Crippen LogP contribution in [0.3, 0.4) is 0 Å². The quantitative estimate of drug-likeness (QED) is 0.853. The van der Waals surface area contributed by atoms with Crippen LogP contribution in [0.15, 0.2) is 16.8 Å². The first kappa shape index (κ1) is 12.1. The fraction of sp³-hybridized carbons (Fsp3) is 0.692. The standard InChI is InChI=1S/C13H21NOS/c1-10-5-7-15-13(10)12(14-2)4-3-11-6-8-16-9-11/h6,8-10,12-14H,3-5,7H2,1-2H3. The fourth-order valence-corrected chi connectivity index (χ4v) is 3.16. The minimum absolute atomic E-state index is 0.406. The molecule has 0 aliphatic carbocycles. The van der Waals surface area contributed by atoms with Gasteiger partial charge in [-0.05, 0) is 54.6 Å². The van der Waals surface area contributed by atoms with Gasteiger partial charge in [0.2, 0.25) is 0 Å². The molecule has 0 amide bonds. The number of likely N-dealkylation sites (N-methyl/N-ethyl adjacent to an activating group) is 1. The molecule has 1 aliphatic heterocycles. The smallest absolute Gasteiger partial charge is 0.0754 e. The molecular formula is C13H21NOS. The molecule has 2 heterocycles. The molecule has 0 saturated carbocycles. The lowest BCUT2D eigenvalue weighted by atomic mass is 9.94. The van der Waals surface area contributed by atoms with E-state index in [4.69, 9.17) is 4.74 Å². The minimum Gasteiger partial charge on any atom is -0.376 e. The number of thiophene rings is 1. The summed E-state index contributed by atoms with van der Waals surface area (Å²) in [5.74, 6) is 0.694. The van der Waals surface area contributed by atoms with Gasteiger partial charge in [-0.25, -0.2) is 0 Å². The van der Waals surface area contributed by atoms with Crippen molar-refractivity contribution in [2.24, 2.45) is 5.92 Å². The third-order valence-electron chi connectivity index (χ3n) is 3.54. The maximum absolute atomic E-state index is 5.83. The third kappa shape index (κ3) is 2.84. The minimum atomic E-state index is 0.406. The molecule has 2 nitrogen and oxygen atoms in total. The Kier molecular flexibility index (Phi) is 4.38. The van der Waals surface area contributed by atoms with E-state index in [1.807, 2.05) is 7.05 Å². The molecule has 1 N–H and O–H groups in total. The van der Waals surface area contributed by atoms with Gasteiger partial charge in [0.25, 0.3) is 0 Å². The van der Waals surface area contributed by atoms with E-state index in [-0.39, 0.29) is 0 Å². The third-order valence-corrected chi connectivity index (χ3v) is 4.27. The first-order valence-corrected chi connectivity index (χ1v) is 7.05. The van der Waals surface area contributed by atoms with Gasteiger partial charge in [-0.1, -0.05) is 6.92 Å². The Balaban J connectivity index is 1.85. The highest BCUT2D eigenvalue weighted by atomic mass is 32.1. The summed E-state index contributed by atoms with van der Waals surface area (Å²) in [5, 5.41) is 7.81. The van der Waals surface area contributed by atoms with Crippen LogP contribution in [0.5, 0.6) is 0 Å². The van der Waals surface area contributed by atoms with Crippen LogP contribution in [0.25, 0.3) is 0 Å². The molecule has 0 radical (unpaired) electrons. The van der Waals surface area contributed by atoms with Crippen molar-refractivity contribution in [2.75, 3.05) is 13.7 Å². The molecule has 0 bridgehead atoms. The van der Waals surface area contributed by atoms with E-state index in [1.54, 1.807) is 11.3 Å². The second kappa shape index (κ2) is 5.80. The number of rotatable bonds is 5. The average Bonchev–Trinajstić information content (AvgIpc) is 2.92. The van der Waals surface area contributed by atoms with Gasteiger partial charge in [-0.15, -0.1) is 0 Å². The highest BCUT2D eigenvalue weighted by Gasteiger charge is 2.30. The van der Waals surface area contributed by atoms with Crippen LogP contribution >= 0.6 is 11.3 Å². The van der Waals surface area contributed by atoms with Crippen LogP contribution in [-0.4, -0.2) is 25.8 Å². The van der Waals surface area contributed by atoms with Gasteiger partial charge in [0.15, 0.2) is 0 Å². The Morgan fingerprint density at radius 3 is 3.06 bits per heavy atom. The molecule has 90 valence electrons. The van der Waals surface area contributed by atoms with E-state index in [1.165, 1.54) is 18.4 Å². The lowest BCUT2D eigenvalue weighted by molar-refractivity contribution is 0.0608. The van der Waals surface area contributed by atoms with Gasteiger partial charge in [-0.3, -0.25) is 0 Å². The van der Waals surface area contributed by atoms with Gasteiger partial charge < -0.3 is 10.1 Å². The van der Waals surface area contributed by atoms with Crippen molar-refractivity contribution >= 4 is 11.3 Å². The number of aryl methyl sites for hydroxylation is 1. The summed E-state index contributed by atoms with van der Waals surface area (Å²) in [4.78, 5) is 0. The summed E-state index contributed by atoms with van der Waals surface area (Å²) in [7, 11) is 2.05. The van der Waals surface area contributed by atoms with Gasteiger partial charge in [-0.2, -0.15) is 11.3 Å². The van der Waals surface area contributed by atoms with Gasteiger partial charge in [0, 0.05) is 12.6 Å². The Hall–Kier alpha value is -0.380. The van der Waals surface area contributed by atoms with E-state index in [9.17, 15) is 0 Å². The number of hydrogen-bond acceptors (Lipinski definition) is 3. The molecule has 1 aromatic rings. The van der Waals surface area contributed by atoms with E-state index in [0.29, 0.717) is 18.1 Å². The molecule has 2 rings (SSSR count). The SMILES string of the molecule is CNC(CCc1ccsc1)C1OCCC1C. The molecule has 1 saturated heterocycles. The molecule has 3 atom stereocenters. The van der Waals surface area contributed by atoms with Crippen molar-refractivity contribution in [1.82, 2.24) is 5.32 Å². The molecule has 1 aromatic heterocycles. The maximum atomic E-state index is 5.83. The van der Waals surface area contributed by atoms with Crippen molar-refractivity contribution in [3.8, 4) is 0 Å². The molecule has 16 heavy (non-hydrogen) atoms. The Morgan fingerprint density at radius 2 is 2.50 bits per heavy atom. The van der Waals surface area contributed by atoms with E-state index in [2.05, 4.69) is 29.1 Å². The second-order valence-corrected chi connectivity index (χ2v) is 5.45. The lowest BCUT2D eigenvalue weighted by Gasteiger charge is -2.25. The average molecular weight is 239 g/mol. The maximum Gasteiger partial charge on any atom is 0.0754 e. The number of nitrogens with one attached hydrogen (secondary N) is 1.